The van der Waals surface area contributed by atoms with Crippen molar-refractivity contribution in [2.24, 2.45) is 0 Å². The van der Waals surface area contributed by atoms with Crippen molar-refractivity contribution in [3.63, 3.8) is 0 Å². The highest BCUT2D eigenvalue weighted by Crippen LogP contribution is 2.14. The van der Waals surface area contributed by atoms with Crippen LogP contribution in [-0.2, 0) is 16.4 Å². The third kappa shape index (κ3) is 3.42. The maximum atomic E-state index is 11.3. The van der Waals surface area contributed by atoms with Crippen LogP contribution in [0.3, 0.4) is 0 Å². The van der Waals surface area contributed by atoms with Gasteiger partial charge < -0.3 is 10.4 Å². The monoisotopic (exact) mass is 275 g/mol. The normalized spacial score (nSPS) is 27.2. The summed E-state index contributed by atoms with van der Waals surface area (Å²) in [4.78, 5) is 0. The molecule has 0 saturated carbocycles. The number of hydrogen-bond donors (Lipinski definition) is 2. The molecule has 4 nitrogen and oxygen atoms in total. The molecule has 0 bridgehead atoms. The molecule has 1 saturated heterocycles. The molecule has 1 aromatic carbocycles. The van der Waals surface area contributed by atoms with Crippen molar-refractivity contribution >= 4 is 21.4 Å². The highest BCUT2D eigenvalue weighted by atomic mass is 35.5. The Bertz CT molecular complexity index is 486. The van der Waals surface area contributed by atoms with Crippen LogP contribution in [0.4, 0.5) is 0 Å². The Hall–Kier alpha value is -0.620. The topological polar surface area (TPSA) is 66.4 Å². The van der Waals surface area contributed by atoms with E-state index in [9.17, 15) is 13.5 Å². The average Bonchev–Trinajstić information content (AvgIpc) is 2.51. The Balaban J connectivity index is 1.93. The van der Waals surface area contributed by atoms with Gasteiger partial charge in [0.25, 0.3) is 0 Å². The fourth-order valence-electron chi connectivity index (χ4n) is 1.88. The van der Waals surface area contributed by atoms with Gasteiger partial charge in [0, 0.05) is 17.6 Å². The molecule has 6 heteroatoms. The Morgan fingerprint density at radius 2 is 1.94 bits per heavy atom. The largest absolute Gasteiger partial charge is 0.390 e. The van der Waals surface area contributed by atoms with Gasteiger partial charge in [-0.2, -0.15) is 0 Å². The lowest BCUT2D eigenvalue weighted by Gasteiger charge is -2.14. The summed E-state index contributed by atoms with van der Waals surface area (Å²) in [6.45, 7) is 0.522. The first kappa shape index (κ1) is 12.8. The van der Waals surface area contributed by atoms with E-state index >= 15 is 0 Å². The van der Waals surface area contributed by atoms with Crippen molar-refractivity contribution in [2.75, 3.05) is 11.5 Å². The summed E-state index contributed by atoms with van der Waals surface area (Å²) in [6.07, 6.45) is -0.813. The van der Waals surface area contributed by atoms with E-state index in [0.29, 0.717) is 11.6 Å². The number of halogens is 1. The van der Waals surface area contributed by atoms with Gasteiger partial charge in [-0.3, -0.25) is 0 Å². The van der Waals surface area contributed by atoms with Gasteiger partial charge >= 0.3 is 0 Å². The summed E-state index contributed by atoms with van der Waals surface area (Å²) >= 11 is 5.76. The van der Waals surface area contributed by atoms with Gasteiger partial charge in [0.15, 0.2) is 9.84 Å². The van der Waals surface area contributed by atoms with E-state index in [-0.39, 0.29) is 17.5 Å². The number of hydrogen-bond acceptors (Lipinski definition) is 4. The molecule has 0 spiro atoms. The molecule has 0 aromatic heterocycles. The highest BCUT2D eigenvalue weighted by Gasteiger charge is 2.35. The minimum absolute atomic E-state index is 0.00174. The molecule has 2 atom stereocenters. The maximum absolute atomic E-state index is 11.3. The molecule has 0 amide bonds. The molecule has 1 aliphatic heterocycles. The lowest BCUT2D eigenvalue weighted by atomic mass is 10.2. The van der Waals surface area contributed by atoms with E-state index in [1.807, 2.05) is 12.1 Å². The van der Waals surface area contributed by atoms with Crippen LogP contribution >= 0.6 is 11.6 Å². The number of nitrogens with one attached hydrogen (secondary N) is 1. The van der Waals surface area contributed by atoms with Gasteiger partial charge in [-0.25, -0.2) is 8.42 Å². The van der Waals surface area contributed by atoms with Gasteiger partial charge in [-0.1, -0.05) is 23.7 Å². The van der Waals surface area contributed by atoms with Gasteiger partial charge in [0.2, 0.25) is 0 Å². The third-order valence-corrected chi connectivity index (χ3v) is 4.77. The van der Waals surface area contributed by atoms with E-state index in [0.717, 1.165) is 5.56 Å². The van der Waals surface area contributed by atoms with Crippen LogP contribution in [0.1, 0.15) is 5.56 Å². The second-order valence-electron chi connectivity index (χ2n) is 4.26. The van der Waals surface area contributed by atoms with E-state index in [4.69, 9.17) is 11.6 Å². The zero-order valence-corrected chi connectivity index (χ0v) is 10.7. The van der Waals surface area contributed by atoms with Crippen molar-refractivity contribution in [3.8, 4) is 0 Å². The lowest BCUT2D eigenvalue weighted by Crippen LogP contribution is -2.38. The number of aliphatic hydroxyl groups is 1. The number of rotatable bonds is 3. The first-order valence-electron chi connectivity index (χ1n) is 5.32. The molecule has 2 rings (SSSR count). The van der Waals surface area contributed by atoms with Crippen LogP contribution in [-0.4, -0.2) is 37.2 Å². The summed E-state index contributed by atoms with van der Waals surface area (Å²) in [5.74, 6) is -0.146. The summed E-state index contributed by atoms with van der Waals surface area (Å²) in [7, 11) is -3.09. The average molecular weight is 276 g/mol. The van der Waals surface area contributed by atoms with Crippen LogP contribution in [0, 0.1) is 0 Å². The zero-order valence-electron chi connectivity index (χ0n) is 9.14. The zero-order chi connectivity index (χ0) is 12.5. The maximum Gasteiger partial charge on any atom is 0.154 e. The molecule has 0 aliphatic carbocycles. The number of sulfone groups is 1. The van der Waals surface area contributed by atoms with Crippen LogP contribution in [0.5, 0.6) is 0 Å². The molecule has 1 heterocycles. The first-order valence-corrected chi connectivity index (χ1v) is 7.52. The summed E-state index contributed by atoms with van der Waals surface area (Å²) in [5.41, 5.74) is 1.01. The molecule has 17 heavy (non-hydrogen) atoms. The second kappa shape index (κ2) is 4.94. The second-order valence-corrected chi connectivity index (χ2v) is 6.85. The van der Waals surface area contributed by atoms with Crippen molar-refractivity contribution in [1.29, 1.82) is 0 Å². The number of aliphatic hydroxyl groups excluding tert-OH is 1. The molecular weight excluding hydrogens is 262 g/mol. The summed E-state index contributed by atoms with van der Waals surface area (Å²) in [5, 5.41) is 13.3. The van der Waals surface area contributed by atoms with Crippen LogP contribution in [0.15, 0.2) is 24.3 Å². The fraction of sp³-hybridized carbons (Fsp3) is 0.455. The smallest absolute Gasteiger partial charge is 0.154 e. The molecule has 1 aromatic rings. The number of benzene rings is 1. The Kier molecular flexibility index (Phi) is 3.73. The van der Waals surface area contributed by atoms with E-state index in [1.54, 1.807) is 12.1 Å². The summed E-state index contributed by atoms with van der Waals surface area (Å²) < 4.78 is 22.6. The first-order chi connectivity index (χ1) is 7.96. The van der Waals surface area contributed by atoms with E-state index in [2.05, 4.69) is 5.32 Å². The summed E-state index contributed by atoms with van der Waals surface area (Å²) in [6, 6.07) is 6.91. The lowest BCUT2D eigenvalue weighted by molar-refractivity contribution is 0.165. The van der Waals surface area contributed by atoms with Crippen molar-refractivity contribution in [1.82, 2.24) is 5.32 Å². The molecular formula is C11H14ClNO3S. The molecule has 0 unspecified atom stereocenters. The molecule has 2 N–H and O–H groups in total. The van der Waals surface area contributed by atoms with Gasteiger partial charge in [0.1, 0.15) is 0 Å². The molecule has 1 aliphatic rings. The van der Waals surface area contributed by atoms with Crippen LogP contribution in [0.25, 0.3) is 0 Å². The van der Waals surface area contributed by atoms with E-state index < -0.39 is 15.9 Å². The SMILES string of the molecule is O=S1(=O)C[C@H](O)[C@H](NCc2ccc(Cl)cc2)C1. The van der Waals surface area contributed by atoms with Gasteiger partial charge in [-0.05, 0) is 17.7 Å². The molecule has 0 radical (unpaired) electrons. The Morgan fingerprint density at radius 1 is 1.29 bits per heavy atom. The van der Waals surface area contributed by atoms with Crippen LogP contribution < -0.4 is 5.32 Å². The van der Waals surface area contributed by atoms with Gasteiger partial charge in [0.05, 0.1) is 17.6 Å². The van der Waals surface area contributed by atoms with Gasteiger partial charge in [-0.15, -0.1) is 0 Å². The Morgan fingerprint density at radius 3 is 2.47 bits per heavy atom. The van der Waals surface area contributed by atoms with E-state index in [1.165, 1.54) is 0 Å². The quantitative estimate of drug-likeness (QED) is 0.847. The third-order valence-electron chi connectivity index (χ3n) is 2.80. The van der Waals surface area contributed by atoms with Crippen molar-refractivity contribution in [2.45, 2.75) is 18.7 Å². The minimum atomic E-state index is -3.09. The van der Waals surface area contributed by atoms with Crippen molar-refractivity contribution in [3.05, 3.63) is 34.9 Å². The Labute approximate surface area is 106 Å². The predicted molar refractivity (Wildman–Crippen MR) is 66.7 cm³/mol. The predicted octanol–water partition coefficient (Wildman–Crippen LogP) is 0.587. The fourth-order valence-corrected chi connectivity index (χ4v) is 3.78. The highest BCUT2D eigenvalue weighted by molar-refractivity contribution is 7.91. The van der Waals surface area contributed by atoms with Crippen LogP contribution in [0.2, 0.25) is 5.02 Å². The minimum Gasteiger partial charge on any atom is -0.390 e. The molecule has 94 valence electrons. The molecule has 1 fully saturated rings. The van der Waals surface area contributed by atoms with Crippen molar-refractivity contribution < 1.29 is 13.5 Å². The standard InChI is InChI=1S/C11H14ClNO3S/c12-9-3-1-8(2-4-9)5-13-10-6-17(15,16)7-11(10)14/h1-4,10-11,13-14H,5-7H2/t10-,11+/m1/s1.